The zero-order chi connectivity index (χ0) is 12.0. The fraction of sp³-hybridized carbons (Fsp3) is 0.571. The lowest BCUT2D eigenvalue weighted by Gasteiger charge is -2.13. The normalized spacial score (nSPS) is 14.0. The van der Waals surface area contributed by atoms with Crippen LogP contribution in [-0.2, 0) is 14.4 Å². The molecule has 7 nitrogen and oxygen atoms in total. The summed E-state index contributed by atoms with van der Waals surface area (Å²) in [5.74, 6) is -2.40. The molecule has 0 heterocycles. The van der Waals surface area contributed by atoms with Crippen molar-refractivity contribution >= 4 is 40.4 Å². The highest BCUT2D eigenvalue weighted by Crippen LogP contribution is 2.05. The molecule has 0 aliphatic rings. The van der Waals surface area contributed by atoms with Gasteiger partial charge in [0.25, 0.3) is 0 Å². The van der Waals surface area contributed by atoms with E-state index in [-0.39, 0.29) is 13.0 Å². The van der Waals surface area contributed by atoms with Crippen LogP contribution in [0.2, 0.25) is 0 Å². The van der Waals surface area contributed by atoms with Crippen LogP contribution in [0.1, 0.15) is 6.42 Å². The average Bonchev–Trinajstić information content (AvgIpc) is 2.13. The third-order valence-electron chi connectivity index (χ3n) is 1.55. The third-order valence-corrected chi connectivity index (χ3v) is 2.52. The van der Waals surface area contributed by atoms with E-state index in [2.05, 4.69) is 5.32 Å². The highest BCUT2D eigenvalue weighted by atomic mass is 127. The highest BCUT2D eigenvalue weighted by Gasteiger charge is 2.21. The van der Waals surface area contributed by atoms with Gasteiger partial charge in [-0.15, -0.1) is 0 Å². The van der Waals surface area contributed by atoms with Gasteiger partial charge in [0.15, 0.2) is 0 Å². The van der Waals surface area contributed by atoms with Gasteiger partial charge in [0.2, 0.25) is 11.8 Å². The zero-order valence-corrected chi connectivity index (χ0v) is 9.93. The molecule has 8 heteroatoms. The minimum Gasteiger partial charge on any atom is -0.480 e. The van der Waals surface area contributed by atoms with E-state index in [0.717, 1.165) is 0 Å². The molecule has 0 aliphatic carbocycles. The lowest BCUT2D eigenvalue weighted by molar-refractivity contribution is -0.137. The van der Waals surface area contributed by atoms with Crippen LogP contribution in [0.15, 0.2) is 0 Å². The topological polar surface area (TPSA) is 136 Å². The molecule has 86 valence electrons. The maximum atomic E-state index is 11.2. The molecule has 2 amide bonds. The number of carboxylic acid groups (broad SMARTS) is 1. The fourth-order valence-electron chi connectivity index (χ4n) is 0.750. The first-order valence-corrected chi connectivity index (χ1v) is 5.28. The van der Waals surface area contributed by atoms with E-state index in [9.17, 15) is 14.4 Å². The lowest BCUT2D eigenvalue weighted by Crippen LogP contribution is -2.49. The van der Waals surface area contributed by atoms with E-state index in [1.54, 1.807) is 22.6 Å². The predicted molar refractivity (Wildman–Crippen MR) is 60.2 cm³/mol. The molecule has 2 atom stereocenters. The number of hydrogen-bond acceptors (Lipinski definition) is 4. The first kappa shape index (κ1) is 14.1. The van der Waals surface area contributed by atoms with E-state index in [1.165, 1.54) is 0 Å². The van der Waals surface area contributed by atoms with Gasteiger partial charge in [-0.2, -0.15) is 0 Å². The van der Waals surface area contributed by atoms with Crippen LogP contribution in [-0.4, -0.2) is 39.4 Å². The molecule has 0 aromatic heterocycles. The van der Waals surface area contributed by atoms with Crippen LogP contribution in [0.5, 0.6) is 0 Å². The van der Waals surface area contributed by atoms with Gasteiger partial charge >= 0.3 is 5.97 Å². The number of alkyl halides is 1. The summed E-state index contributed by atoms with van der Waals surface area (Å²) >= 11 is 1.62. The Morgan fingerprint density at radius 2 is 1.93 bits per heavy atom. The largest absolute Gasteiger partial charge is 0.480 e. The number of carbonyl (C=O) groups is 3. The van der Waals surface area contributed by atoms with Gasteiger partial charge in [-0.25, -0.2) is 0 Å². The summed E-state index contributed by atoms with van der Waals surface area (Å²) in [4.78, 5) is 32.3. The Labute approximate surface area is 99.7 Å². The van der Waals surface area contributed by atoms with Crippen LogP contribution in [0, 0.1) is 0 Å². The van der Waals surface area contributed by atoms with Crippen LogP contribution >= 0.6 is 22.6 Å². The second-order valence-electron chi connectivity index (χ2n) is 2.77. The van der Waals surface area contributed by atoms with Gasteiger partial charge in [0.05, 0.1) is 0 Å². The summed E-state index contributed by atoms with van der Waals surface area (Å²) in [5.41, 5.74) is 10.1. The van der Waals surface area contributed by atoms with Crippen LogP contribution in [0.4, 0.5) is 0 Å². The minimum atomic E-state index is -1.09. The number of nitrogens with two attached hydrogens (primary N) is 2. The second kappa shape index (κ2) is 6.56. The number of amides is 2. The van der Waals surface area contributed by atoms with Gasteiger partial charge in [-0.3, -0.25) is 14.4 Å². The van der Waals surface area contributed by atoms with Gasteiger partial charge in [-0.05, 0) is 0 Å². The van der Waals surface area contributed by atoms with Crippen molar-refractivity contribution in [3.8, 4) is 0 Å². The molecule has 1 unspecified atom stereocenters. The Kier molecular flexibility index (Phi) is 6.17. The van der Waals surface area contributed by atoms with Gasteiger partial charge in [-0.1, -0.05) is 22.6 Å². The number of primary amides is 1. The molecule has 0 aliphatic heterocycles. The summed E-state index contributed by atoms with van der Waals surface area (Å²) in [7, 11) is 0. The Morgan fingerprint density at radius 3 is 2.27 bits per heavy atom. The van der Waals surface area contributed by atoms with Crippen molar-refractivity contribution < 1.29 is 19.5 Å². The Hall–Kier alpha value is -0.900. The molecule has 0 rings (SSSR count). The van der Waals surface area contributed by atoms with Gasteiger partial charge in [0, 0.05) is 13.0 Å². The number of rotatable bonds is 6. The van der Waals surface area contributed by atoms with Crippen LogP contribution < -0.4 is 16.8 Å². The first-order valence-electron chi connectivity index (χ1n) is 4.04. The number of nitrogens with one attached hydrogen (secondary N) is 1. The molecule has 0 radical (unpaired) electrons. The number of hydrogen-bond donors (Lipinski definition) is 4. The fourth-order valence-corrected chi connectivity index (χ4v) is 1.15. The molecule has 0 fully saturated rings. The molecule has 15 heavy (non-hydrogen) atoms. The summed E-state index contributed by atoms with van der Waals surface area (Å²) in [6, 6.07) is -0.949. The lowest BCUT2D eigenvalue weighted by atomic mass is 10.2. The van der Waals surface area contributed by atoms with Crippen molar-refractivity contribution in [2.24, 2.45) is 11.5 Å². The summed E-state index contributed by atoms with van der Waals surface area (Å²) < 4.78 is -0.839. The molecule has 0 saturated carbocycles. The first-order chi connectivity index (χ1) is 6.88. The smallest absolute Gasteiger partial charge is 0.316 e. The quantitative estimate of drug-likeness (QED) is 0.337. The maximum absolute atomic E-state index is 11.2. The van der Waals surface area contributed by atoms with E-state index in [1.807, 2.05) is 0 Å². The molecule has 0 aromatic rings. The minimum absolute atomic E-state index is 0.111. The number of carboxylic acids is 1. The van der Waals surface area contributed by atoms with Crippen LogP contribution in [0.25, 0.3) is 0 Å². The highest BCUT2D eigenvalue weighted by molar-refractivity contribution is 14.1. The number of halogens is 1. The molecule has 0 bridgehead atoms. The molecular weight excluding hydrogens is 317 g/mol. The Balaban J connectivity index is 4.13. The Morgan fingerprint density at radius 1 is 1.40 bits per heavy atom. The molecule has 0 spiro atoms. The van der Waals surface area contributed by atoms with Crippen molar-refractivity contribution in [2.45, 2.75) is 16.4 Å². The molecule has 0 saturated heterocycles. The van der Waals surface area contributed by atoms with E-state index >= 15 is 0 Å². The van der Waals surface area contributed by atoms with Gasteiger partial charge in [0.1, 0.15) is 9.97 Å². The van der Waals surface area contributed by atoms with Crippen molar-refractivity contribution in [3.05, 3.63) is 0 Å². The van der Waals surface area contributed by atoms with E-state index in [0.29, 0.717) is 0 Å². The average molecular weight is 329 g/mol. The predicted octanol–water partition coefficient (Wildman–Crippen LogP) is -1.81. The maximum Gasteiger partial charge on any atom is 0.316 e. The number of carbonyl (C=O) groups excluding carboxylic acids is 2. The van der Waals surface area contributed by atoms with Crippen LogP contribution in [0.3, 0.4) is 0 Å². The van der Waals surface area contributed by atoms with Crippen molar-refractivity contribution in [3.63, 3.8) is 0 Å². The van der Waals surface area contributed by atoms with E-state index in [4.69, 9.17) is 16.6 Å². The molecule has 0 aromatic carbocycles. The molecular formula is C7H12IN3O4. The van der Waals surface area contributed by atoms with Crippen molar-refractivity contribution in [1.82, 2.24) is 5.32 Å². The SMILES string of the molecule is NC[C@@H](NC(=O)CC(I)C(=O)O)C(N)=O. The summed E-state index contributed by atoms with van der Waals surface area (Å²) in [6.45, 7) is -0.111. The van der Waals surface area contributed by atoms with Crippen molar-refractivity contribution in [1.29, 1.82) is 0 Å². The standard InChI is InChI=1S/C7H12IN3O4/c8-3(7(14)15)1-5(12)11-4(2-9)6(10)13/h3-4H,1-2,9H2,(H2,10,13)(H,11,12)(H,14,15)/t3?,4-/m1/s1. The van der Waals surface area contributed by atoms with Gasteiger partial charge < -0.3 is 21.9 Å². The Bertz CT molecular complexity index is 271. The third kappa shape index (κ3) is 5.52. The number of aliphatic carboxylic acids is 1. The van der Waals surface area contributed by atoms with Crippen molar-refractivity contribution in [2.75, 3.05) is 6.54 Å². The second-order valence-corrected chi connectivity index (χ2v) is 4.27. The zero-order valence-electron chi connectivity index (χ0n) is 7.77. The summed E-state index contributed by atoms with van der Waals surface area (Å²) in [6.07, 6.45) is -0.223. The monoisotopic (exact) mass is 329 g/mol. The molecule has 6 N–H and O–H groups in total. The van der Waals surface area contributed by atoms with E-state index < -0.39 is 27.8 Å². The summed E-state index contributed by atoms with van der Waals surface area (Å²) in [5, 5.41) is 10.8.